The van der Waals surface area contributed by atoms with Crippen LogP contribution < -0.4 is 14.5 Å². The highest BCUT2D eigenvalue weighted by Gasteiger charge is 2.42. The van der Waals surface area contributed by atoms with Crippen molar-refractivity contribution in [3.05, 3.63) is 82.1 Å². The van der Waals surface area contributed by atoms with Crippen LogP contribution >= 0.6 is 63.7 Å². The molecule has 0 radical (unpaired) electrons. The molecule has 0 bridgehead atoms. The fourth-order valence-electron chi connectivity index (χ4n) is 5.02. The first-order valence-electron chi connectivity index (χ1n) is 11.9. The Kier molecular flexibility index (Phi) is 7.64. The molecule has 0 aliphatic carbocycles. The molecule has 3 aromatic rings. The molecule has 0 saturated carbocycles. The van der Waals surface area contributed by atoms with Crippen molar-refractivity contribution >= 4 is 98.8 Å². The third kappa shape index (κ3) is 4.71. The summed E-state index contributed by atoms with van der Waals surface area (Å²) in [5.41, 5.74) is 4.21. The molecule has 11 heteroatoms. The van der Waals surface area contributed by atoms with Crippen LogP contribution in [0, 0.1) is 26.7 Å². The van der Waals surface area contributed by atoms with Crippen molar-refractivity contribution in [2.45, 2.75) is 27.2 Å². The van der Waals surface area contributed by atoms with Crippen LogP contribution in [0.25, 0.3) is 0 Å². The molecule has 1 fully saturated rings. The smallest absolute Gasteiger partial charge is 0.316 e. The topological polar surface area (TPSA) is 84.0 Å². The summed E-state index contributed by atoms with van der Waals surface area (Å²) < 4.78 is 7.80. The van der Waals surface area contributed by atoms with E-state index in [1.54, 1.807) is 30.0 Å². The van der Waals surface area contributed by atoms with E-state index >= 15 is 0 Å². The van der Waals surface area contributed by atoms with Crippen LogP contribution in [0.3, 0.4) is 0 Å². The predicted octanol–water partition coefficient (Wildman–Crippen LogP) is 7.42. The molecule has 3 aromatic carbocycles. The van der Waals surface area contributed by atoms with Gasteiger partial charge in [-0.3, -0.25) is 19.2 Å². The Labute approximate surface area is 258 Å². The summed E-state index contributed by atoms with van der Waals surface area (Å²) in [5, 5.41) is 0. The first-order valence-corrected chi connectivity index (χ1v) is 15.0. The second kappa shape index (κ2) is 10.6. The van der Waals surface area contributed by atoms with E-state index in [9.17, 15) is 19.2 Å². The third-order valence-corrected chi connectivity index (χ3v) is 11.7. The Hall–Kier alpha value is -2.34. The lowest BCUT2D eigenvalue weighted by Gasteiger charge is -2.21. The minimum absolute atomic E-state index is 0.0631. The van der Waals surface area contributed by atoms with Crippen LogP contribution in [0.1, 0.15) is 43.8 Å². The first-order chi connectivity index (χ1) is 18.4. The molecule has 7 nitrogen and oxygen atoms in total. The number of hydrogen-bond donors (Lipinski definition) is 0. The van der Waals surface area contributed by atoms with E-state index in [-0.39, 0.29) is 35.7 Å². The molecule has 200 valence electrons. The predicted molar refractivity (Wildman–Crippen MR) is 162 cm³/mol. The number of carbonyl (C=O) groups is 4. The molecule has 2 heterocycles. The lowest BCUT2D eigenvalue weighted by Crippen LogP contribution is -2.30. The van der Waals surface area contributed by atoms with Gasteiger partial charge in [0.2, 0.25) is 5.91 Å². The molecule has 2 aliphatic rings. The molecule has 39 heavy (non-hydrogen) atoms. The largest absolute Gasteiger partial charge is 0.426 e. The highest BCUT2D eigenvalue weighted by Crippen LogP contribution is 2.46. The van der Waals surface area contributed by atoms with Crippen LogP contribution in [0.2, 0.25) is 0 Å². The van der Waals surface area contributed by atoms with Crippen molar-refractivity contribution < 1.29 is 23.9 Å². The number of halogens is 4. The second-order valence-electron chi connectivity index (χ2n) is 9.47. The molecule has 1 saturated heterocycles. The zero-order valence-corrected chi connectivity index (χ0v) is 27.2. The standard InChI is InChI=1S/C28H20Br4N2O5/c1-12-5-4-6-13(2)25(12)33-11-15(10-18(33)35)28(38)39-16-7-8-17(14(3)9-16)34-26(36)19-20(27(34)37)22(30)24(32)23(31)21(19)29/h4-9,15H,10-11H2,1-3H3/t15-/m1/s1. The number of imide groups is 1. The fourth-order valence-corrected chi connectivity index (χ4v) is 7.48. The van der Waals surface area contributed by atoms with E-state index in [1.165, 1.54) is 0 Å². The number of amides is 3. The number of hydrogen-bond acceptors (Lipinski definition) is 5. The number of anilines is 2. The van der Waals surface area contributed by atoms with Gasteiger partial charge < -0.3 is 9.64 Å². The van der Waals surface area contributed by atoms with E-state index in [0.717, 1.165) is 21.7 Å². The van der Waals surface area contributed by atoms with Crippen LogP contribution in [0.5, 0.6) is 5.75 Å². The molecule has 1 atom stereocenters. The zero-order valence-electron chi connectivity index (χ0n) is 20.9. The summed E-state index contributed by atoms with van der Waals surface area (Å²) in [4.78, 5) is 55.3. The number of esters is 1. The Morgan fingerprint density at radius 2 is 1.38 bits per heavy atom. The van der Waals surface area contributed by atoms with Crippen LogP contribution in [0.15, 0.2) is 54.3 Å². The number of benzene rings is 3. The quantitative estimate of drug-likeness (QED) is 0.0905. The highest BCUT2D eigenvalue weighted by molar-refractivity contribution is 9.15. The number of carbonyl (C=O) groups excluding carboxylic acids is 4. The Bertz CT molecular complexity index is 1550. The molecule has 5 rings (SSSR count). The van der Waals surface area contributed by atoms with Crippen LogP contribution in [0.4, 0.5) is 11.4 Å². The average Bonchev–Trinajstić information content (AvgIpc) is 3.38. The minimum Gasteiger partial charge on any atom is -0.426 e. The van der Waals surface area contributed by atoms with Gasteiger partial charge in [-0.15, -0.1) is 0 Å². The highest BCUT2D eigenvalue weighted by atomic mass is 79.9. The van der Waals surface area contributed by atoms with E-state index in [0.29, 0.717) is 29.1 Å². The second-order valence-corrected chi connectivity index (χ2v) is 12.6. The summed E-state index contributed by atoms with van der Waals surface area (Å²) in [5.74, 6) is -1.92. The number of ether oxygens (including phenoxy) is 1. The van der Waals surface area contributed by atoms with E-state index in [2.05, 4.69) is 63.7 Å². The van der Waals surface area contributed by atoms with Gasteiger partial charge in [0, 0.05) is 36.5 Å². The summed E-state index contributed by atoms with van der Waals surface area (Å²) in [6.45, 7) is 5.85. The number of rotatable bonds is 4. The molecular formula is C28H20Br4N2O5. The Morgan fingerprint density at radius 1 is 0.821 bits per heavy atom. The Morgan fingerprint density at radius 3 is 1.92 bits per heavy atom. The number of fused-ring (bicyclic) bond motifs is 1. The first kappa shape index (κ1) is 28.2. The molecule has 3 amide bonds. The van der Waals surface area contributed by atoms with Gasteiger partial charge in [-0.2, -0.15) is 0 Å². The van der Waals surface area contributed by atoms with Gasteiger partial charge in [-0.1, -0.05) is 18.2 Å². The van der Waals surface area contributed by atoms with Crippen molar-refractivity contribution in [1.29, 1.82) is 0 Å². The lowest BCUT2D eigenvalue weighted by atomic mass is 10.1. The zero-order chi connectivity index (χ0) is 28.3. The molecular weight excluding hydrogens is 764 g/mol. The van der Waals surface area contributed by atoms with Gasteiger partial charge in [0.1, 0.15) is 5.75 Å². The van der Waals surface area contributed by atoms with Crippen molar-refractivity contribution in [2.75, 3.05) is 16.3 Å². The van der Waals surface area contributed by atoms with Gasteiger partial charge >= 0.3 is 5.97 Å². The molecule has 0 aromatic heterocycles. The summed E-state index contributed by atoms with van der Waals surface area (Å²) >= 11 is 13.7. The van der Waals surface area contributed by atoms with Crippen molar-refractivity contribution in [3.8, 4) is 5.75 Å². The van der Waals surface area contributed by atoms with Gasteiger partial charge in [0.05, 0.1) is 22.7 Å². The maximum absolute atomic E-state index is 13.4. The monoisotopic (exact) mass is 780 g/mol. The van der Waals surface area contributed by atoms with Gasteiger partial charge in [-0.05, 0) is 119 Å². The normalized spacial score (nSPS) is 16.8. The molecule has 0 N–H and O–H groups in total. The van der Waals surface area contributed by atoms with Crippen LogP contribution in [-0.4, -0.2) is 30.2 Å². The van der Waals surface area contributed by atoms with Gasteiger partial charge in [0.15, 0.2) is 0 Å². The van der Waals surface area contributed by atoms with Gasteiger partial charge in [0.25, 0.3) is 11.8 Å². The summed E-state index contributed by atoms with van der Waals surface area (Å²) in [6.07, 6.45) is 0.0631. The summed E-state index contributed by atoms with van der Waals surface area (Å²) in [6, 6.07) is 10.5. The number of para-hydroxylation sites is 1. The number of aryl methyl sites for hydroxylation is 3. The SMILES string of the molecule is Cc1cc(OC(=O)[C@@H]2CC(=O)N(c3c(C)cccc3C)C2)ccc1N1C(=O)c2c(Br)c(Br)c(Br)c(Br)c2C1=O. The lowest BCUT2D eigenvalue weighted by molar-refractivity contribution is -0.139. The fraction of sp³-hybridized carbons (Fsp3) is 0.214. The maximum atomic E-state index is 13.4. The molecule has 0 unspecified atom stereocenters. The average molecular weight is 784 g/mol. The van der Waals surface area contributed by atoms with Gasteiger partial charge in [-0.25, -0.2) is 4.90 Å². The van der Waals surface area contributed by atoms with Crippen molar-refractivity contribution in [2.24, 2.45) is 5.92 Å². The third-order valence-electron chi connectivity index (χ3n) is 6.90. The van der Waals surface area contributed by atoms with Crippen molar-refractivity contribution in [3.63, 3.8) is 0 Å². The minimum atomic E-state index is -0.612. The van der Waals surface area contributed by atoms with Crippen LogP contribution in [-0.2, 0) is 9.59 Å². The number of nitrogens with zero attached hydrogens (tertiary/aromatic N) is 2. The summed E-state index contributed by atoms with van der Waals surface area (Å²) in [7, 11) is 0. The van der Waals surface area contributed by atoms with E-state index < -0.39 is 23.7 Å². The van der Waals surface area contributed by atoms with E-state index in [4.69, 9.17) is 4.74 Å². The van der Waals surface area contributed by atoms with Crippen molar-refractivity contribution in [1.82, 2.24) is 0 Å². The maximum Gasteiger partial charge on any atom is 0.316 e. The Balaban J connectivity index is 1.36. The molecule has 2 aliphatic heterocycles. The molecule has 0 spiro atoms. The van der Waals surface area contributed by atoms with E-state index in [1.807, 2.05) is 32.0 Å².